The highest BCUT2D eigenvalue weighted by Crippen LogP contribution is 2.34. The van der Waals surface area contributed by atoms with Gasteiger partial charge in [0.1, 0.15) is 17.2 Å². The second-order valence-corrected chi connectivity index (χ2v) is 6.00. The number of allylic oxidation sites excluding steroid dienone is 3. The van der Waals surface area contributed by atoms with Crippen molar-refractivity contribution in [1.29, 1.82) is 0 Å². The number of benzene rings is 2. The van der Waals surface area contributed by atoms with Crippen LogP contribution in [0.1, 0.15) is 22.8 Å². The first-order valence-electron chi connectivity index (χ1n) is 8.66. The molecule has 28 heavy (non-hydrogen) atoms. The third kappa shape index (κ3) is 4.06. The predicted octanol–water partition coefficient (Wildman–Crippen LogP) is 3.81. The fraction of sp³-hybridized carbons (Fsp3) is 0.182. The lowest BCUT2D eigenvalue weighted by Gasteiger charge is -2.12. The average molecular weight is 380 g/mol. The van der Waals surface area contributed by atoms with Crippen LogP contribution in [-0.2, 0) is 9.53 Å². The molecule has 2 aromatic carbocycles. The molecule has 0 aliphatic carbocycles. The minimum atomic E-state index is -0.765. The maximum Gasteiger partial charge on any atom is 0.346 e. The minimum absolute atomic E-state index is 0.208. The zero-order chi connectivity index (χ0) is 20.1. The Hall–Kier alpha value is -3.54. The van der Waals surface area contributed by atoms with E-state index in [1.54, 1.807) is 44.4 Å². The average Bonchev–Trinajstić information content (AvgIpc) is 3.02. The van der Waals surface area contributed by atoms with Crippen LogP contribution in [0, 0.1) is 0 Å². The molecule has 0 spiro atoms. The first-order chi connectivity index (χ1) is 13.5. The van der Waals surface area contributed by atoms with Gasteiger partial charge in [0.15, 0.2) is 11.9 Å². The summed E-state index contributed by atoms with van der Waals surface area (Å²) in [4.78, 5) is 24.0. The molecule has 0 radical (unpaired) electrons. The maximum absolute atomic E-state index is 12.5. The fourth-order valence-electron chi connectivity index (χ4n) is 2.72. The molecular formula is C22H20O6. The van der Waals surface area contributed by atoms with Gasteiger partial charge in [-0.25, -0.2) is 4.79 Å². The Kier molecular flexibility index (Phi) is 5.79. The van der Waals surface area contributed by atoms with Gasteiger partial charge in [-0.15, -0.1) is 0 Å². The molecule has 0 saturated heterocycles. The molecule has 6 nitrogen and oxygen atoms in total. The van der Waals surface area contributed by atoms with Crippen LogP contribution in [-0.4, -0.2) is 32.1 Å². The molecule has 144 valence electrons. The maximum atomic E-state index is 12.5. The number of esters is 1. The summed E-state index contributed by atoms with van der Waals surface area (Å²) in [5.41, 5.74) is 1.33. The molecule has 1 aliphatic heterocycles. The standard InChI is InChI=1S/C22H20O6/c1-14(22(24)26-3)27-16-11-12-17-20(13-16)28-19(21(17)23)10-6-8-15-7-4-5-9-18(15)25-2/h4-14H,1-3H3/b8-6+,19-10-/t14-/m1/s1. The summed E-state index contributed by atoms with van der Waals surface area (Å²) in [6, 6.07) is 12.4. The summed E-state index contributed by atoms with van der Waals surface area (Å²) in [5.74, 6) is 1.04. The number of rotatable bonds is 6. The highest BCUT2D eigenvalue weighted by Gasteiger charge is 2.27. The van der Waals surface area contributed by atoms with Crippen LogP contribution in [0.15, 0.2) is 60.4 Å². The zero-order valence-electron chi connectivity index (χ0n) is 15.8. The van der Waals surface area contributed by atoms with E-state index in [2.05, 4.69) is 4.74 Å². The van der Waals surface area contributed by atoms with Crippen molar-refractivity contribution >= 4 is 17.8 Å². The summed E-state index contributed by atoms with van der Waals surface area (Å²) < 4.78 is 21.1. The van der Waals surface area contributed by atoms with E-state index in [-0.39, 0.29) is 11.5 Å². The van der Waals surface area contributed by atoms with Crippen molar-refractivity contribution in [2.24, 2.45) is 0 Å². The number of carbonyl (C=O) groups is 2. The quantitative estimate of drug-likeness (QED) is 0.561. The van der Waals surface area contributed by atoms with Crippen molar-refractivity contribution in [1.82, 2.24) is 0 Å². The minimum Gasteiger partial charge on any atom is -0.496 e. The van der Waals surface area contributed by atoms with E-state index in [1.165, 1.54) is 7.11 Å². The van der Waals surface area contributed by atoms with Gasteiger partial charge >= 0.3 is 5.97 Å². The first kappa shape index (κ1) is 19.2. The topological polar surface area (TPSA) is 71.1 Å². The van der Waals surface area contributed by atoms with Gasteiger partial charge in [0.25, 0.3) is 0 Å². The normalized spacial score (nSPS) is 15.2. The third-order valence-electron chi connectivity index (χ3n) is 4.15. The summed E-state index contributed by atoms with van der Waals surface area (Å²) in [7, 11) is 2.90. The molecule has 1 heterocycles. The van der Waals surface area contributed by atoms with Crippen LogP contribution in [0.2, 0.25) is 0 Å². The van der Waals surface area contributed by atoms with Gasteiger partial charge in [-0.3, -0.25) is 4.79 Å². The van der Waals surface area contributed by atoms with Gasteiger partial charge in [-0.2, -0.15) is 0 Å². The van der Waals surface area contributed by atoms with E-state index in [9.17, 15) is 9.59 Å². The number of hydrogen-bond donors (Lipinski definition) is 0. The third-order valence-corrected chi connectivity index (χ3v) is 4.15. The molecule has 2 aromatic rings. The molecule has 0 amide bonds. The van der Waals surface area contributed by atoms with E-state index >= 15 is 0 Å². The number of ether oxygens (including phenoxy) is 4. The lowest BCUT2D eigenvalue weighted by molar-refractivity contribution is -0.147. The summed E-state index contributed by atoms with van der Waals surface area (Å²) in [6.07, 6.45) is 4.40. The number of carbonyl (C=O) groups excluding carboxylic acids is 2. The van der Waals surface area contributed by atoms with Gasteiger partial charge < -0.3 is 18.9 Å². The van der Waals surface area contributed by atoms with Crippen molar-refractivity contribution in [2.45, 2.75) is 13.0 Å². The summed E-state index contributed by atoms with van der Waals surface area (Å²) in [5, 5.41) is 0. The van der Waals surface area contributed by atoms with Crippen LogP contribution in [0.3, 0.4) is 0 Å². The molecule has 6 heteroatoms. The molecule has 0 bridgehead atoms. The van der Waals surface area contributed by atoms with Gasteiger partial charge in [-0.05, 0) is 31.2 Å². The van der Waals surface area contributed by atoms with Gasteiger partial charge in [0.2, 0.25) is 5.78 Å². The van der Waals surface area contributed by atoms with E-state index < -0.39 is 12.1 Å². The summed E-state index contributed by atoms with van der Waals surface area (Å²) >= 11 is 0. The van der Waals surface area contributed by atoms with Gasteiger partial charge in [0, 0.05) is 11.6 Å². The van der Waals surface area contributed by atoms with Crippen LogP contribution >= 0.6 is 0 Å². The monoisotopic (exact) mass is 380 g/mol. The van der Waals surface area contributed by atoms with Crippen LogP contribution < -0.4 is 14.2 Å². The second-order valence-electron chi connectivity index (χ2n) is 6.00. The number of fused-ring (bicyclic) bond motifs is 1. The molecule has 0 unspecified atom stereocenters. The summed E-state index contributed by atoms with van der Waals surface area (Å²) in [6.45, 7) is 1.58. The lowest BCUT2D eigenvalue weighted by Crippen LogP contribution is -2.24. The molecule has 3 rings (SSSR count). The van der Waals surface area contributed by atoms with Crippen molar-refractivity contribution in [2.75, 3.05) is 14.2 Å². The Balaban J connectivity index is 1.75. The van der Waals surface area contributed by atoms with Gasteiger partial charge in [-0.1, -0.05) is 30.4 Å². The molecule has 1 aliphatic rings. The lowest BCUT2D eigenvalue weighted by atomic mass is 10.1. The SMILES string of the molecule is COC(=O)[C@@H](C)Oc1ccc2c(c1)O/C(=C\C=C\c1ccccc1OC)C2=O. The zero-order valence-corrected chi connectivity index (χ0v) is 15.8. The van der Waals surface area contributed by atoms with E-state index in [0.29, 0.717) is 17.1 Å². The van der Waals surface area contributed by atoms with Crippen LogP contribution in [0.5, 0.6) is 17.2 Å². The Bertz CT molecular complexity index is 957. The first-order valence-corrected chi connectivity index (χ1v) is 8.66. The van der Waals surface area contributed by atoms with E-state index in [4.69, 9.17) is 14.2 Å². The van der Waals surface area contributed by atoms with Crippen LogP contribution in [0.25, 0.3) is 6.08 Å². The van der Waals surface area contributed by atoms with Crippen LogP contribution in [0.4, 0.5) is 0 Å². The highest BCUT2D eigenvalue weighted by molar-refractivity contribution is 6.12. The molecule has 0 N–H and O–H groups in total. The number of Topliss-reactive ketones (excluding diaryl/α,β-unsaturated/α-hetero) is 1. The van der Waals surface area contributed by atoms with E-state index in [1.807, 2.05) is 30.3 Å². The van der Waals surface area contributed by atoms with Crippen molar-refractivity contribution in [3.63, 3.8) is 0 Å². The molecule has 1 atom stereocenters. The molecular weight excluding hydrogens is 360 g/mol. The number of ketones is 1. The Labute approximate surface area is 163 Å². The Morgan fingerprint density at radius 1 is 1.14 bits per heavy atom. The molecule has 0 aromatic heterocycles. The Morgan fingerprint density at radius 2 is 1.93 bits per heavy atom. The van der Waals surface area contributed by atoms with E-state index in [0.717, 1.165) is 11.3 Å². The highest BCUT2D eigenvalue weighted by atomic mass is 16.6. The van der Waals surface area contributed by atoms with Crippen molar-refractivity contribution < 1.29 is 28.5 Å². The smallest absolute Gasteiger partial charge is 0.346 e. The van der Waals surface area contributed by atoms with Gasteiger partial charge in [0.05, 0.1) is 19.8 Å². The molecule has 0 fully saturated rings. The molecule has 0 saturated carbocycles. The van der Waals surface area contributed by atoms with Crippen molar-refractivity contribution in [3.8, 4) is 17.2 Å². The number of methoxy groups -OCH3 is 2. The predicted molar refractivity (Wildman–Crippen MR) is 104 cm³/mol. The Morgan fingerprint density at radius 3 is 2.68 bits per heavy atom. The largest absolute Gasteiger partial charge is 0.496 e. The number of hydrogen-bond acceptors (Lipinski definition) is 6. The second kappa shape index (κ2) is 8.43. The number of para-hydroxylation sites is 1. The fourth-order valence-corrected chi connectivity index (χ4v) is 2.72. The van der Waals surface area contributed by atoms with Crippen molar-refractivity contribution in [3.05, 3.63) is 71.5 Å².